The van der Waals surface area contributed by atoms with E-state index in [-0.39, 0.29) is 0 Å². The lowest BCUT2D eigenvalue weighted by molar-refractivity contribution is 0.666. The Balaban J connectivity index is 0.939. The topological polar surface area (TPSA) is 32.8 Å². The minimum absolute atomic E-state index is 0.452. The van der Waals surface area contributed by atoms with Crippen molar-refractivity contribution in [3.63, 3.8) is 0 Å². The van der Waals surface area contributed by atoms with Crippen LogP contribution in [0.25, 0.3) is 87.0 Å². The lowest BCUT2D eigenvalue weighted by atomic mass is 9.99. The second kappa shape index (κ2) is 15.6. The average Bonchev–Trinajstić information content (AvgIpc) is 3.96. The van der Waals surface area contributed by atoms with Crippen molar-refractivity contribution in [3.05, 3.63) is 217 Å². The number of benzene rings is 11. The SMILES string of the molecule is CC(C)c1ccc(N(c2ccc3c(ccc4c3oc3ccc5oc6c7ccc(N(c8ccc(C(C)C)cc8)c8cccc9ccccc89)cc7ccc6c5c34)c2)c2cccc3ccccc23)cc1. The Morgan fingerprint density at radius 3 is 1.12 bits per heavy atom. The van der Waals surface area contributed by atoms with Crippen LogP contribution in [0.4, 0.5) is 34.1 Å². The zero-order valence-corrected chi connectivity index (χ0v) is 38.5. The number of nitrogens with zero attached hydrogens (tertiary/aromatic N) is 2. The Labute approximate surface area is 394 Å². The summed E-state index contributed by atoms with van der Waals surface area (Å²) in [6, 6.07) is 75.0. The minimum Gasteiger partial charge on any atom is -0.455 e. The zero-order valence-electron chi connectivity index (χ0n) is 38.5. The third-order valence-electron chi connectivity index (χ3n) is 14.2. The van der Waals surface area contributed by atoms with Crippen LogP contribution in [0.3, 0.4) is 0 Å². The second-order valence-electron chi connectivity index (χ2n) is 18.9. The molecule has 4 heteroatoms. The van der Waals surface area contributed by atoms with Crippen molar-refractivity contribution in [1.82, 2.24) is 0 Å². The van der Waals surface area contributed by atoms with Crippen LogP contribution >= 0.6 is 0 Å². The summed E-state index contributed by atoms with van der Waals surface area (Å²) in [6.07, 6.45) is 0. The summed E-state index contributed by atoms with van der Waals surface area (Å²) in [5.41, 5.74) is 12.8. The van der Waals surface area contributed by atoms with Crippen molar-refractivity contribution >= 4 is 121 Å². The van der Waals surface area contributed by atoms with Crippen LogP contribution in [0.1, 0.15) is 50.7 Å². The van der Waals surface area contributed by atoms with E-state index in [1.807, 2.05) is 0 Å². The van der Waals surface area contributed by atoms with Gasteiger partial charge in [-0.3, -0.25) is 0 Å². The van der Waals surface area contributed by atoms with E-state index in [9.17, 15) is 0 Å². The number of furan rings is 2. The maximum absolute atomic E-state index is 6.86. The van der Waals surface area contributed by atoms with Gasteiger partial charge in [-0.05, 0) is 142 Å². The van der Waals surface area contributed by atoms with Gasteiger partial charge in [0.1, 0.15) is 22.3 Å². The van der Waals surface area contributed by atoms with Crippen molar-refractivity contribution in [2.45, 2.75) is 39.5 Å². The molecule has 13 aromatic rings. The van der Waals surface area contributed by atoms with E-state index >= 15 is 0 Å². The summed E-state index contributed by atoms with van der Waals surface area (Å²) in [5, 5.41) is 13.5. The smallest absolute Gasteiger partial charge is 0.143 e. The van der Waals surface area contributed by atoms with Crippen LogP contribution in [0.5, 0.6) is 0 Å². The monoisotopic (exact) mass is 876 g/mol. The molecule has 0 aliphatic rings. The molecule has 0 atom stereocenters. The summed E-state index contributed by atoms with van der Waals surface area (Å²) < 4.78 is 13.7. The van der Waals surface area contributed by atoms with E-state index in [2.05, 4.69) is 244 Å². The third-order valence-corrected chi connectivity index (χ3v) is 14.2. The maximum Gasteiger partial charge on any atom is 0.143 e. The Kier molecular flexibility index (Phi) is 9.20. The Bertz CT molecular complexity index is 3820. The van der Waals surface area contributed by atoms with Gasteiger partial charge in [0.25, 0.3) is 0 Å². The van der Waals surface area contributed by atoms with E-state index in [1.165, 1.54) is 32.7 Å². The van der Waals surface area contributed by atoms with Gasteiger partial charge >= 0.3 is 0 Å². The Hall–Kier alpha value is -8.34. The number of hydrogen-bond acceptors (Lipinski definition) is 4. The summed E-state index contributed by atoms with van der Waals surface area (Å²) in [5.74, 6) is 0.903. The first-order valence-corrected chi connectivity index (χ1v) is 23.8. The molecule has 0 bridgehead atoms. The summed E-state index contributed by atoms with van der Waals surface area (Å²) >= 11 is 0. The molecule has 0 unspecified atom stereocenters. The van der Waals surface area contributed by atoms with Gasteiger partial charge in [-0.15, -0.1) is 0 Å². The van der Waals surface area contributed by atoms with Crippen molar-refractivity contribution in [3.8, 4) is 0 Å². The predicted molar refractivity (Wildman–Crippen MR) is 289 cm³/mol. The van der Waals surface area contributed by atoms with Crippen LogP contribution in [-0.4, -0.2) is 0 Å². The minimum atomic E-state index is 0.452. The van der Waals surface area contributed by atoms with Gasteiger partial charge in [0.05, 0.1) is 11.4 Å². The molecule has 0 aliphatic heterocycles. The maximum atomic E-state index is 6.86. The zero-order chi connectivity index (χ0) is 45.6. The van der Waals surface area contributed by atoms with Gasteiger partial charge in [0.2, 0.25) is 0 Å². The highest BCUT2D eigenvalue weighted by atomic mass is 16.3. The molecule has 0 radical (unpaired) electrons. The van der Waals surface area contributed by atoms with Gasteiger partial charge in [-0.25, -0.2) is 0 Å². The summed E-state index contributed by atoms with van der Waals surface area (Å²) in [7, 11) is 0. The molecular formula is C64H48N2O2. The van der Waals surface area contributed by atoms with Crippen molar-refractivity contribution < 1.29 is 8.83 Å². The molecule has 0 N–H and O–H groups in total. The fourth-order valence-electron chi connectivity index (χ4n) is 10.6. The van der Waals surface area contributed by atoms with Crippen molar-refractivity contribution in [2.24, 2.45) is 0 Å². The van der Waals surface area contributed by atoms with Gasteiger partial charge in [-0.2, -0.15) is 0 Å². The van der Waals surface area contributed by atoms with Gasteiger partial charge in [0, 0.05) is 65.8 Å². The number of anilines is 6. The first-order chi connectivity index (χ1) is 33.4. The molecule has 2 aromatic heterocycles. The Morgan fingerprint density at radius 2 is 0.691 bits per heavy atom. The van der Waals surface area contributed by atoms with E-state index in [4.69, 9.17) is 8.83 Å². The quantitative estimate of drug-likeness (QED) is 0.152. The third kappa shape index (κ3) is 6.36. The molecule has 4 nitrogen and oxygen atoms in total. The highest BCUT2D eigenvalue weighted by Crippen LogP contribution is 2.47. The highest BCUT2D eigenvalue weighted by Gasteiger charge is 2.22. The van der Waals surface area contributed by atoms with Gasteiger partial charge in [0.15, 0.2) is 0 Å². The average molecular weight is 877 g/mol. The van der Waals surface area contributed by atoms with Crippen LogP contribution in [0.15, 0.2) is 215 Å². The fourth-order valence-corrected chi connectivity index (χ4v) is 10.6. The van der Waals surface area contributed by atoms with E-state index in [1.54, 1.807) is 0 Å². The molecule has 11 aromatic carbocycles. The van der Waals surface area contributed by atoms with Crippen LogP contribution in [-0.2, 0) is 0 Å². The largest absolute Gasteiger partial charge is 0.455 e. The Morgan fingerprint density at radius 1 is 0.309 bits per heavy atom. The number of hydrogen-bond donors (Lipinski definition) is 0. The summed E-state index contributed by atoms with van der Waals surface area (Å²) in [6.45, 7) is 8.97. The van der Waals surface area contributed by atoms with E-state index in [0.717, 1.165) is 99.5 Å². The standard InChI is InChI=1S/C64H48N2O2/c1-39(2)41-19-25-47(26-20-41)65(57-17-9-13-43-11-5-7-15-51(43)57)49-29-33-53-45(37-49)23-31-55-61-59(67-63(53)55)35-36-60-62(61)56-32-24-46-38-50(30-34-54(46)64(56)68-60)66(48-27-21-42(22-28-48)40(3)4)58-18-10-14-44-12-6-8-16-52(44)58/h5-40H,1-4H3. The van der Waals surface area contributed by atoms with Crippen LogP contribution in [0, 0.1) is 0 Å². The van der Waals surface area contributed by atoms with Crippen LogP contribution in [0.2, 0.25) is 0 Å². The molecule has 0 saturated heterocycles. The lowest BCUT2D eigenvalue weighted by Gasteiger charge is -2.27. The van der Waals surface area contributed by atoms with E-state index < -0.39 is 0 Å². The molecule has 0 spiro atoms. The van der Waals surface area contributed by atoms with Crippen LogP contribution < -0.4 is 9.80 Å². The van der Waals surface area contributed by atoms with Gasteiger partial charge in [-0.1, -0.05) is 137 Å². The summed E-state index contributed by atoms with van der Waals surface area (Å²) in [4.78, 5) is 4.77. The normalized spacial score (nSPS) is 12.1. The molecule has 68 heavy (non-hydrogen) atoms. The first kappa shape index (κ1) is 40.0. The first-order valence-electron chi connectivity index (χ1n) is 23.8. The number of fused-ring (bicyclic) bond motifs is 13. The van der Waals surface area contributed by atoms with E-state index in [0.29, 0.717) is 11.8 Å². The van der Waals surface area contributed by atoms with Gasteiger partial charge < -0.3 is 18.6 Å². The van der Waals surface area contributed by atoms with Crippen molar-refractivity contribution in [2.75, 3.05) is 9.80 Å². The molecular weight excluding hydrogens is 829 g/mol. The van der Waals surface area contributed by atoms with Crippen molar-refractivity contribution in [1.29, 1.82) is 0 Å². The fraction of sp³-hybridized carbons (Fsp3) is 0.0938. The molecule has 0 aliphatic carbocycles. The lowest BCUT2D eigenvalue weighted by Crippen LogP contribution is -2.10. The second-order valence-corrected chi connectivity index (χ2v) is 18.9. The molecule has 0 saturated carbocycles. The molecule has 2 heterocycles. The molecule has 326 valence electrons. The molecule has 13 rings (SSSR count). The molecule has 0 amide bonds. The molecule has 0 fully saturated rings. The highest BCUT2D eigenvalue weighted by molar-refractivity contribution is 6.30. The predicted octanol–water partition coefficient (Wildman–Crippen LogP) is 19.3. The number of rotatable bonds is 8.